The molecule has 1 aromatic heterocycles. The van der Waals surface area contributed by atoms with E-state index >= 15 is 0 Å². The lowest BCUT2D eigenvalue weighted by atomic mass is 10.1. The number of pyridine rings is 1. The maximum atomic E-state index is 12.3. The third-order valence-electron chi connectivity index (χ3n) is 1.60. The van der Waals surface area contributed by atoms with Crippen molar-refractivity contribution in [1.82, 2.24) is 4.98 Å². The molecule has 0 bridgehead atoms. The van der Waals surface area contributed by atoms with Crippen LogP contribution < -0.4 is 0 Å². The van der Waals surface area contributed by atoms with Crippen LogP contribution in [0.15, 0.2) is 12.3 Å². The predicted molar refractivity (Wildman–Crippen MR) is 43.5 cm³/mol. The van der Waals surface area contributed by atoms with Gasteiger partial charge in [0.2, 0.25) is 0 Å². The molecule has 1 heterocycles. The van der Waals surface area contributed by atoms with Crippen LogP contribution >= 0.6 is 11.6 Å². The quantitative estimate of drug-likeness (QED) is 0.648. The van der Waals surface area contributed by atoms with Gasteiger partial charge in [0.05, 0.1) is 17.1 Å². The Labute approximate surface area is 78.5 Å². The molecule has 0 fully saturated rings. The Hall–Kier alpha value is -0.770. The van der Waals surface area contributed by atoms with Gasteiger partial charge in [-0.15, -0.1) is 11.6 Å². The third-order valence-corrected chi connectivity index (χ3v) is 1.88. The molecule has 0 aliphatic rings. The molecule has 1 nitrogen and oxygen atoms in total. The smallest absolute Gasteiger partial charge is 0.260 e. The lowest BCUT2D eigenvalue weighted by Crippen LogP contribution is -2.08. The van der Waals surface area contributed by atoms with Crippen LogP contribution in [-0.4, -0.2) is 4.98 Å². The van der Waals surface area contributed by atoms with E-state index in [1.54, 1.807) is 0 Å². The Balaban J connectivity index is 3.19. The number of nitrogens with zero attached hydrogens (tertiary/aromatic N) is 1. The maximum absolute atomic E-state index is 12.3. The molecule has 0 spiro atoms. The van der Waals surface area contributed by atoms with Crippen LogP contribution in [0.4, 0.5) is 13.2 Å². The van der Waals surface area contributed by atoms with E-state index in [-0.39, 0.29) is 17.1 Å². The minimum atomic E-state index is -4.33. The van der Waals surface area contributed by atoms with Crippen molar-refractivity contribution in [1.29, 1.82) is 0 Å². The summed E-state index contributed by atoms with van der Waals surface area (Å²) < 4.78 is 36.9. The first-order chi connectivity index (χ1) is 5.95. The SMILES string of the molecule is Cc1cnc(CCl)cc1C(F)(F)F. The van der Waals surface area contributed by atoms with E-state index in [1.165, 1.54) is 13.1 Å². The van der Waals surface area contributed by atoms with Crippen LogP contribution in [-0.2, 0) is 12.1 Å². The van der Waals surface area contributed by atoms with Crippen molar-refractivity contribution >= 4 is 11.6 Å². The van der Waals surface area contributed by atoms with Crippen LogP contribution in [0.2, 0.25) is 0 Å². The van der Waals surface area contributed by atoms with Gasteiger partial charge in [-0.3, -0.25) is 4.98 Å². The van der Waals surface area contributed by atoms with Crippen LogP contribution in [0.25, 0.3) is 0 Å². The summed E-state index contributed by atoms with van der Waals surface area (Å²) in [6.45, 7) is 1.37. The molecule has 0 amide bonds. The zero-order valence-electron chi connectivity index (χ0n) is 6.82. The van der Waals surface area contributed by atoms with Crippen molar-refractivity contribution in [3.05, 3.63) is 29.1 Å². The van der Waals surface area contributed by atoms with Gasteiger partial charge in [0.25, 0.3) is 0 Å². The normalized spacial score (nSPS) is 11.8. The van der Waals surface area contributed by atoms with Gasteiger partial charge in [0, 0.05) is 6.20 Å². The summed E-state index contributed by atoms with van der Waals surface area (Å²) in [6, 6.07) is 0.975. The minimum Gasteiger partial charge on any atom is -0.260 e. The Kier molecular flexibility index (Phi) is 2.81. The summed E-state index contributed by atoms with van der Waals surface area (Å²) in [7, 11) is 0. The summed E-state index contributed by atoms with van der Waals surface area (Å²) in [6.07, 6.45) is -3.14. The fourth-order valence-electron chi connectivity index (χ4n) is 0.945. The molecule has 0 atom stereocenters. The zero-order chi connectivity index (χ0) is 10.1. The van der Waals surface area contributed by atoms with Crippen LogP contribution in [0.1, 0.15) is 16.8 Å². The molecule has 1 rings (SSSR count). The Morgan fingerprint density at radius 3 is 2.54 bits per heavy atom. The summed E-state index contributed by atoms with van der Waals surface area (Å²) in [5.41, 5.74) is -0.320. The van der Waals surface area contributed by atoms with Gasteiger partial charge in [0.1, 0.15) is 0 Å². The number of hydrogen-bond donors (Lipinski definition) is 0. The Morgan fingerprint density at radius 2 is 2.08 bits per heavy atom. The van der Waals surface area contributed by atoms with E-state index in [1.807, 2.05) is 0 Å². The van der Waals surface area contributed by atoms with Crippen molar-refractivity contribution in [2.45, 2.75) is 19.0 Å². The highest BCUT2D eigenvalue weighted by Crippen LogP contribution is 2.31. The Morgan fingerprint density at radius 1 is 1.46 bits per heavy atom. The van der Waals surface area contributed by atoms with Gasteiger partial charge in [-0.25, -0.2) is 0 Å². The number of halogens is 4. The molecule has 0 saturated carbocycles. The van der Waals surface area contributed by atoms with Crippen molar-refractivity contribution < 1.29 is 13.2 Å². The van der Waals surface area contributed by atoms with E-state index in [2.05, 4.69) is 4.98 Å². The molecule has 0 unspecified atom stereocenters. The molecule has 72 valence electrons. The first kappa shape index (κ1) is 10.3. The molecular formula is C8H7ClF3N. The number of rotatable bonds is 1. The van der Waals surface area contributed by atoms with E-state index in [0.717, 1.165) is 6.07 Å². The van der Waals surface area contributed by atoms with E-state index in [4.69, 9.17) is 11.6 Å². The first-order valence-electron chi connectivity index (χ1n) is 3.54. The van der Waals surface area contributed by atoms with Crippen molar-refractivity contribution in [3.8, 4) is 0 Å². The second-order valence-electron chi connectivity index (χ2n) is 2.62. The standard InChI is InChI=1S/C8H7ClF3N/c1-5-4-13-6(3-9)2-7(5)8(10,11)12/h2,4H,3H2,1H3. The largest absolute Gasteiger partial charge is 0.416 e. The molecule has 0 saturated heterocycles. The van der Waals surface area contributed by atoms with Crippen LogP contribution in [0.5, 0.6) is 0 Å². The molecule has 0 aliphatic carbocycles. The van der Waals surface area contributed by atoms with Gasteiger partial charge in [-0.05, 0) is 18.6 Å². The summed E-state index contributed by atoms with van der Waals surface area (Å²) in [5, 5.41) is 0. The van der Waals surface area contributed by atoms with Crippen LogP contribution in [0.3, 0.4) is 0 Å². The highest BCUT2D eigenvalue weighted by Gasteiger charge is 2.32. The topological polar surface area (TPSA) is 12.9 Å². The number of aryl methyl sites for hydroxylation is 1. The number of hydrogen-bond acceptors (Lipinski definition) is 1. The predicted octanol–water partition coefficient (Wildman–Crippen LogP) is 3.15. The van der Waals surface area contributed by atoms with Crippen molar-refractivity contribution in [3.63, 3.8) is 0 Å². The van der Waals surface area contributed by atoms with Crippen molar-refractivity contribution in [2.24, 2.45) is 0 Å². The maximum Gasteiger partial charge on any atom is 0.416 e. The molecule has 0 aromatic carbocycles. The lowest BCUT2D eigenvalue weighted by Gasteiger charge is -2.10. The van der Waals surface area contributed by atoms with Gasteiger partial charge in [0.15, 0.2) is 0 Å². The molecule has 13 heavy (non-hydrogen) atoms. The van der Waals surface area contributed by atoms with Gasteiger partial charge >= 0.3 is 6.18 Å². The van der Waals surface area contributed by atoms with Crippen LogP contribution in [0, 0.1) is 6.92 Å². The first-order valence-corrected chi connectivity index (χ1v) is 4.07. The fraction of sp³-hybridized carbons (Fsp3) is 0.375. The molecule has 5 heteroatoms. The molecule has 0 radical (unpaired) electrons. The average Bonchev–Trinajstić information content (AvgIpc) is 2.03. The summed E-state index contributed by atoms with van der Waals surface area (Å²) in [4.78, 5) is 3.74. The molecule has 1 aromatic rings. The lowest BCUT2D eigenvalue weighted by molar-refractivity contribution is -0.138. The zero-order valence-corrected chi connectivity index (χ0v) is 7.58. The minimum absolute atomic E-state index is 0.0106. The number of aromatic nitrogens is 1. The summed E-state index contributed by atoms with van der Waals surface area (Å²) in [5.74, 6) is -0.0106. The van der Waals surface area contributed by atoms with E-state index < -0.39 is 11.7 Å². The van der Waals surface area contributed by atoms with Gasteiger partial charge in [-0.2, -0.15) is 13.2 Å². The van der Waals surface area contributed by atoms with Gasteiger partial charge in [-0.1, -0.05) is 0 Å². The fourth-order valence-corrected chi connectivity index (χ4v) is 1.09. The third kappa shape index (κ3) is 2.34. The second kappa shape index (κ2) is 3.54. The number of alkyl halides is 4. The van der Waals surface area contributed by atoms with Gasteiger partial charge < -0.3 is 0 Å². The summed E-state index contributed by atoms with van der Waals surface area (Å²) >= 11 is 5.37. The molecule has 0 N–H and O–H groups in total. The highest BCUT2D eigenvalue weighted by atomic mass is 35.5. The van der Waals surface area contributed by atoms with E-state index in [0.29, 0.717) is 0 Å². The Bertz CT molecular complexity index is 309. The molecule has 0 aliphatic heterocycles. The van der Waals surface area contributed by atoms with Crippen molar-refractivity contribution in [2.75, 3.05) is 0 Å². The molecular weight excluding hydrogens is 203 g/mol. The monoisotopic (exact) mass is 209 g/mol. The van der Waals surface area contributed by atoms with E-state index in [9.17, 15) is 13.2 Å². The average molecular weight is 210 g/mol. The highest BCUT2D eigenvalue weighted by molar-refractivity contribution is 6.16. The second-order valence-corrected chi connectivity index (χ2v) is 2.89.